The number of aryl methyl sites for hydroxylation is 2. The van der Waals surface area contributed by atoms with Gasteiger partial charge in [-0.05, 0) is 55.9 Å². The summed E-state index contributed by atoms with van der Waals surface area (Å²) in [5.74, 6) is 0.738. The van der Waals surface area contributed by atoms with Crippen molar-refractivity contribution in [3.63, 3.8) is 0 Å². The lowest BCUT2D eigenvalue weighted by Gasteiger charge is -2.37. The van der Waals surface area contributed by atoms with Crippen LogP contribution in [0.1, 0.15) is 35.4 Å². The molecule has 0 spiro atoms. The summed E-state index contributed by atoms with van der Waals surface area (Å²) in [6, 6.07) is 18.2. The summed E-state index contributed by atoms with van der Waals surface area (Å²) in [4.78, 5) is 0. The van der Waals surface area contributed by atoms with Gasteiger partial charge in [-0.3, -0.25) is 0 Å². The minimum absolute atomic E-state index is 0.632. The minimum Gasteiger partial charge on any atom is -0.382 e. The van der Waals surface area contributed by atoms with E-state index in [4.69, 9.17) is 0 Å². The maximum Gasteiger partial charge on any atom is 0.0344 e. The molecule has 19 heavy (non-hydrogen) atoms. The Bertz CT molecular complexity index is 567. The standard InChI is InChI=1S/C18H21N/c1-13-5-3-7-15(9-13)16-11-18(12-16)19-17-8-4-6-14(2)10-17/h3-10,16,18-19H,11-12H2,1-2H3. The third-order valence-corrected chi connectivity index (χ3v) is 4.04. The Kier molecular flexibility index (Phi) is 3.29. The predicted molar refractivity (Wildman–Crippen MR) is 81.7 cm³/mol. The van der Waals surface area contributed by atoms with Crippen molar-refractivity contribution in [3.8, 4) is 0 Å². The monoisotopic (exact) mass is 251 g/mol. The van der Waals surface area contributed by atoms with Gasteiger partial charge in [-0.2, -0.15) is 0 Å². The average molecular weight is 251 g/mol. The molecule has 0 bridgehead atoms. The Morgan fingerprint density at radius 3 is 2.26 bits per heavy atom. The molecule has 1 heteroatoms. The quantitative estimate of drug-likeness (QED) is 0.836. The minimum atomic E-state index is 0.632. The fourth-order valence-corrected chi connectivity index (χ4v) is 2.90. The van der Waals surface area contributed by atoms with Gasteiger partial charge in [0.25, 0.3) is 0 Å². The summed E-state index contributed by atoms with van der Waals surface area (Å²) in [5.41, 5.74) is 5.45. The molecule has 3 rings (SSSR count). The van der Waals surface area contributed by atoms with E-state index in [-0.39, 0.29) is 0 Å². The molecule has 1 nitrogen and oxygen atoms in total. The van der Waals surface area contributed by atoms with Gasteiger partial charge in [-0.1, -0.05) is 42.0 Å². The van der Waals surface area contributed by atoms with Crippen LogP contribution in [0, 0.1) is 13.8 Å². The molecule has 0 radical (unpaired) electrons. The molecule has 0 atom stereocenters. The lowest BCUT2D eigenvalue weighted by Crippen LogP contribution is -2.34. The highest BCUT2D eigenvalue weighted by Crippen LogP contribution is 2.38. The Balaban J connectivity index is 1.58. The van der Waals surface area contributed by atoms with Crippen LogP contribution in [-0.4, -0.2) is 6.04 Å². The first-order valence-corrected chi connectivity index (χ1v) is 7.10. The van der Waals surface area contributed by atoms with E-state index in [1.54, 1.807) is 0 Å². The summed E-state index contributed by atoms with van der Waals surface area (Å²) >= 11 is 0. The second kappa shape index (κ2) is 5.08. The van der Waals surface area contributed by atoms with Crippen molar-refractivity contribution in [2.45, 2.75) is 38.6 Å². The maximum atomic E-state index is 3.63. The second-order valence-corrected chi connectivity index (χ2v) is 5.79. The number of rotatable bonds is 3. The lowest BCUT2D eigenvalue weighted by molar-refractivity contribution is 0.374. The summed E-state index contributed by atoms with van der Waals surface area (Å²) in [6.07, 6.45) is 2.49. The van der Waals surface area contributed by atoms with Crippen LogP contribution < -0.4 is 5.32 Å². The summed E-state index contributed by atoms with van der Waals surface area (Å²) < 4.78 is 0. The highest BCUT2D eigenvalue weighted by molar-refractivity contribution is 5.47. The van der Waals surface area contributed by atoms with Gasteiger partial charge in [-0.25, -0.2) is 0 Å². The SMILES string of the molecule is Cc1cccc(NC2CC(c3cccc(C)c3)C2)c1. The van der Waals surface area contributed by atoms with Crippen LogP contribution in [-0.2, 0) is 0 Å². The third-order valence-electron chi connectivity index (χ3n) is 4.04. The second-order valence-electron chi connectivity index (χ2n) is 5.79. The number of benzene rings is 2. The molecule has 2 aromatic rings. The van der Waals surface area contributed by atoms with Crippen LogP contribution in [0.3, 0.4) is 0 Å². The van der Waals surface area contributed by atoms with E-state index in [1.165, 1.54) is 35.2 Å². The van der Waals surface area contributed by atoms with Crippen molar-refractivity contribution in [2.24, 2.45) is 0 Å². The van der Waals surface area contributed by atoms with Crippen LogP contribution >= 0.6 is 0 Å². The topological polar surface area (TPSA) is 12.0 Å². The number of nitrogens with one attached hydrogen (secondary N) is 1. The summed E-state index contributed by atoms with van der Waals surface area (Å²) in [7, 11) is 0. The van der Waals surface area contributed by atoms with Crippen molar-refractivity contribution in [2.75, 3.05) is 5.32 Å². The van der Waals surface area contributed by atoms with Crippen LogP contribution in [0.5, 0.6) is 0 Å². The van der Waals surface area contributed by atoms with Crippen LogP contribution in [0.25, 0.3) is 0 Å². The molecule has 2 aromatic carbocycles. The first-order valence-electron chi connectivity index (χ1n) is 7.10. The van der Waals surface area contributed by atoms with Crippen molar-refractivity contribution in [1.82, 2.24) is 0 Å². The molecule has 1 saturated carbocycles. The van der Waals surface area contributed by atoms with Gasteiger partial charge in [0.2, 0.25) is 0 Å². The molecule has 0 aromatic heterocycles. The molecule has 0 saturated heterocycles. The van der Waals surface area contributed by atoms with Crippen LogP contribution in [0.2, 0.25) is 0 Å². The van der Waals surface area contributed by atoms with Crippen LogP contribution in [0.4, 0.5) is 5.69 Å². The molecule has 1 fully saturated rings. The number of hydrogen-bond donors (Lipinski definition) is 1. The number of hydrogen-bond acceptors (Lipinski definition) is 1. The summed E-state index contributed by atoms with van der Waals surface area (Å²) in [6.45, 7) is 4.31. The van der Waals surface area contributed by atoms with Crippen molar-refractivity contribution >= 4 is 5.69 Å². The lowest BCUT2D eigenvalue weighted by atomic mass is 9.75. The molecule has 1 aliphatic carbocycles. The first-order chi connectivity index (χ1) is 9.20. The zero-order valence-electron chi connectivity index (χ0n) is 11.7. The highest BCUT2D eigenvalue weighted by atomic mass is 14.9. The smallest absolute Gasteiger partial charge is 0.0344 e. The largest absolute Gasteiger partial charge is 0.382 e. The van der Waals surface area contributed by atoms with Gasteiger partial charge in [-0.15, -0.1) is 0 Å². The molecule has 98 valence electrons. The Morgan fingerprint density at radius 1 is 0.895 bits per heavy atom. The maximum absolute atomic E-state index is 3.63. The van der Waals surface area contributed by atoms with E-state index < -0.39 is 0 Å². The number of anilines is 1. The van der Waals surface area contributed by atoms with Crippen molar-refractivity contribution in [3.05, 3.63) is 65.2 Å². The predicted octanol–water partition coefficient (Wildman–Crippen LogP) is 4.66. The average Bonchev–Trinajstić information content (AvgIpc) is 2.33. The molecule has 1 aliphatic rings. The molecule has 0 unspecified atom stereocenters. The van der Waals surface area contributed by atoms with E-state index in [0.29, 0.717) is 6.04 Å². The van der Waals surface area contributed by atoms with Crippen LogP contribution in [0.15, 0.2) is 48.5 Å². The highest BCUT2D eigenvalue weighted by Gasteiger charge is 2.30. The fourth-order valence-electron chi connectivity index (χ4n) is 2.90. The van der Waals surface area contributed by atoms with Gasteiger partial charge in [0, 0.05) is 11.7 Å². The molecule has 1 N–H and O–H groups in total. The zero-order chi connectivity index (χ0) is 13.2. The van der Waals surface area contributed by atoms with E-state index in [1.807, 2.05) is 0 Å². The molecular weight excluding hydrogens is 230 g/mol. The zero-order valence-corrected chi connectivity index (χ0v) is 11.7. The molecule has 0 aliphatic heterocycles. The van der Waals surface area contributed by atoms with Gasteiger partial charge in [0.1, 0.15) is 0 Å². The van der Waals surface area contributed by atoms with Crippen molar-refractivity contribution < 1.29 is 0 Å². The molecule has 0 amide bonds. The van der Waals surface area contributed by atoms with Gasteiger partial charge in [0.15, 0.2) is 0 Å². The van der Waals surface area contributed by atoms with Gasteiger partial charge in [0.05, 0.1) is 0 Å². The Morgan fingerprint density at radius 2 is 1.58 bits per heavy atom. The van der Waals surface area contributed by atoms with Gasteiger partial charge < -0.3 is 5.32 Å². The van der Waals surface area contributed by atoms with Crippen molar-refractivity contribution in [1.29, 1.82) is 0 Å². The molecular formula is C18H21N. The van der Waals surface area contributed by atoms with Gasteiger partial charge >= 0.3 is 0 Å². The first kappa shape index (κ1) is 12.3. The third kappa shape index (κ3) is 2.81. The van der Waals surface area contributed by atoms with E-state index in [9.17, 15) is 0 Å². The normalized spacial score (nSPS) is 21.8. The fraction of sp³-hybridized carbons (Fsp3) is 0.333. The van der Waals surface area contributed by atoms with E-state index >= 15 is 0 Å². The van der Waals surface area contributed by atoms with E-state index in [0.717, 1.165) is 5.92 Å². The Hall–Kier alpha value is -1.76. The van der Waals surface area contributed by atoms with E-state index in [2.05, 4.69) is 67.7 Å². The Labute approximate surface area is 115 Å². The summed E-state index contributed by atoms with van der Waals surface area (Å²) in [5, 5.41) is 3.63. The molecule has 0 heterocycles.